The molecular formula is C20H29F3N2O5S. The van der Waals surface area contributed by atoms with Crippen LogP contribution in [-0.4, -0.2) is 74.6 Å². The van der Waals surface area contributed by atoms with Crippen LogP contribution in [0.4, 0.5) is 13.2 Å². The van der Waals surface area contributed by atoms with Crippen molar-refractivity contribution in [3.8, 4) is 0 Å². The maximum absolute atomic E-state index is 12.1. The number of aliphatic carboxylic acids is 1. The van der Waals surface area contributed by atoms with Gasteiger partial charge in [0.05, 0.1) is 19.8 Å². The third-order valence-corrected chi connectivity index (χ3v) is 6.32. The third-order valence-electron chi connectivity index (χ3n) is 5.33. The second-order valence-corrected chi connectivity index (χ2v) is 9.15. The number of rotatable bonds is 7. The molecule has 7 nitrogen and oxygen atoms in total. The summed E-state index contributed by atoms with van der Waals surface area (Å²) in [4.78, 5) is 26.3. The second kappa shape index (κ2) is 11.8. The molecule has 0 bridgehead atoms. The van der Waals surface area contributed by atoms with Crippen LogP contribution >= 0.6 is 11.3 Å². The highest BCUT2D eigenvalue weighted by Gasteiger charge is 2.41. The van der Waals surface area contributed by atoms with E-state index in [0.717, 1.165) is 26.2 Å². The van der Waals surface area contributed by atoms with E-state index in [0.29, 0.717) is 43.9 Å². The van der Waals surface area contributed by atoms with E-state index >= 15 is 0 Å². The number of hydrogen-bond acceptors (Lipinski definition) is 6. The summed E-state index contributed by atoms with van der Waals surface area (Å²) in [6.07, 6.45) is -4.52. The lowest BCUT2D eigenvalue weighted by Gasteiger charge is -2.32. The molecule has 0 aliphatic carbocycles. The van der Waals surface area contributed by atoms with Crippen LogP contribution in [0, 0.1) is 24.7 Å². The van der Waals surface area contributed by atoms with E-state index in [9.17, 15) is 18.0 Å². The predicted octanol–water partition coefficient (Wildman–Crippen LogP) is 2.54. The molecular weight excluding hydrogens is 437 g/mol. The van der Waals surface area contributed by atoms with Crippen molar-refractivity contribution in [2.75, 3.05) is 46.6 Å². The molecule has 1 aromatic heterocycles. The molecule has 11 heteroatoms. The van der Waals surface area contributed by atoms with Crippen LogP contribution in [0.1, 0.15) is 16.2 Å². The zero-order valence-corrected chi connectivity index (χ0v) is 18.4. The number of carbonyl (C=O) groups is 2. The van der Waals surface area contributed by atoms with Crippen molar-refractivity contribution in [3.63, 3.8) is 0 Å². The number of halogens is 3. The number of amides is 1. The molecule has 176 valence electrons. The first-order chi connectivity index (χ1) is 14.6. The Morgan fingerprint density at radius 1 is 1.32 bits per heavy atom. The SMILES string of the molecule is COCCNC(=O)C[C@@H]1COC[C@H]2CN(Cc3ccc(C)s3)C[C@@H]12.O=C(O)C(F)(F)F. The van der Waals surface area contributed by atoms with Crippen molar-refractivity contribution in [1.29, 1.82) is 0 Å². The minimum atomic E-state index is -5.08. The predicted molar refractivity (Wildman–Crippen MR) is 109 cm³/mol. The zero-order chi connectivity index (χ0) is 23.0. The van der Waals surface area contributed by atoms with Crippen LogP contribution in [0.15, 0.2) is 12.1 Å². The molecule has 31 heavy (non-hydrogen) atoms. The van der Waals surface area contributed by atoms with Crippen molar-refractivity contribution in [2.24, 2.45) is 17.8 Å². The maximum atomic E-state index is 12.1. The van der Waals surface area contributed by atoms with Crippen molar-refractivity contribution < 1.29 is 37.3 Å². The number of ether oxygens (including phenoxy) is 2. The van der Waals surface area contributed by atoms with Gasteiger partial charge in [-0.15, -0.1) is 11.3 Å². The minimum absolute atomic E-state index is 0.119. The molecule has 3 heterocycles. The summed E-state index contributed by atoms with van der Waals surface area (Å²) in [5.74, 6) is -1.16. The first kappa shape index (κ1) is 25.6. The molecule has 2 aliphatic rings. The number of aryl methyl sites for hydroxylation is 1. The normalized spacial score (nSPS) is 23.6. The number of likely N-dealkylation sites (tertiary alicyclic amines) is 1. The number of nitrogens with one attached hydrogen (secondary N) is 1. The highest BCUT2D eigenvalue weighted by Crippen LogP contribution is 2.36. The second-order valence-electron chi connectivity index (χ2n) is 7.78. The summed E-state index contributed by atoms with van der Waals surface area (Å²) in [6, 6.07) is 4.43. The van der Waals surface area contributed by atoms with Crippen LogP contribution in [0.3, 0.4) is 0 Å². The highest BCUT2D eigenvalue weighted by molar-refractivity contribution is 7.11. The summed E-state index contributed by atoms with van der Waals surface area (Å²) in [5, 5.41) is 10.1. The monoisotopic (exact) mass is 466 g/mol. The Morgan fingerprint density at radius 2 is 2.03 bits per heavy atom. The first-order valence-electron chi connectivity index (χ1n) is 10.0. The molecule has 3 atom stereocenters. The van der Waals surface area contributed by atoms with Crippen molar-refractivity contribution >= 4 is 23.2 Å². The average molecular weight is 467 g/mol. The van der Waals surface area contributed by atoms with E-state index in [4.69, 9.17) is 19.4 Å². The molecule has 0 radical (unpaired) electrons. The number of thiophene rings is 1. The van der Waals surface area contributed by atoms with E-state index in [1.54, 1.807) is 7.11 Å². The van der Waals surface area contributed by atoms with Gasteiger partial charge in [-0.3, -0.25) is 9.69 Å². The Hall–Kier alpha value is -1.69. The summed E-state index contributed by atoms with van der Waals surface area (Å²) >= 11 is 1.88. The van der Waals surface area contributed by atoms with Gasteiger partial charge in [0.15, 0.2) is 0 Å². The molecule has 0 unspecified atom stereocenters. The summed E-state index contributed by atoms with van der Waals surface area (Å²) in [7, 11) is 1.65. The lowest BCUT2D eigenvalue weighted by Crippen LogP contribution is -2.38. The number of fused-ring (bicyclic) bond motifs is 1. The van der Waals surface area contributed by atoms with E-state index in [1.807, 2.05) is 11.3 Å². The van der Waals surface area contributed by atoms with Gasteiger partial charge in [-0.1, -0.05) is 0 Å². The highest BCUT2D eigenvalue weighted by atomic mass is 32.1. The molecule has 2 N–H and O–H groups in total. The Kier molecular flexibility index (Phi) is 9.73. The number of hydrogen-bond donors (Lipinski definition) is 2. The molecule has 1 amide bonds. The van der Waals surface area contributed by atoms with E-state index in [2.05, 4.69) is 29.3 Å². The Labute approximate surface area is 183 Å². The molecule has 2 aliphatic heterocycles. The number of carboxylic acids is 1. The summed E-state index contributed by atoms with van der Waals surface area (Å²) in [6.45, 7) is 8.05. The fourth-order valence-electron chi connectivity index (χ4n) is 3.93. The Balaban J connectivity index is 0.000000423. The smallest absolute Gasteiger partial charge is 0.475 e. The number of nitrogens with zero attached hydrogens (tertiary/aromatic N) is 1. The summed E-state index contributed by atoms with van der Waals surface area (Å²) in [5.41, 5.74) is 0. The van der Waals surface area contributed by atoms with Crippen LogP contribution < -0.4 is 5.32 Å². The van der Waals surface area contributed by atoms with Gasteiger partial charge < -0.3 is 19.9 Å². The van der Waals surface area contributed by atoms with Gasteiger partial charge in [0.1, 0.15) is 0 Å². The van der Waals surface area contributed by atoms with E-state index < -0.39 is 12.1 Å². The quantitative estimate of drug-likeness (QED) is 0.601. The van der Waals surface area contributed by atoms with Gasteiger partial charge >= 0.3 is 12.1 Å². The molecule has 2 saturated heterocycles. The van der Waals surface area contributed by atoms with Crippen LogP contribution in [0.25, 0.3) is 0 Å². The van der Waals surface area contributed by atoms with E-state index in [1.165, 1.54) is 9.75 Å². The zero-order valence-electron chi connectivity index (χ0n) is 17.6. The van der Waals surface area contributed by atoms with E-state index in [-0.39, 0.29) is 5.91 Å². The molecule has 0 saturated carbocycles. The summed E-state index contributed by atoms with van der Waals surface area (Å²) < 4.78 is 42.5. The topological polar surface area (TPSA) is 88.1 Å². The van der Waals surface area contributed by atoms with Crippen molar-refractivity contribution in [3.05, 3.63) is 21.9 Å². The average Bonchev–Trinajstić information content (AvgIpc) is 3.28. The largest absolute Gasteiger partial charge is 0.490 e. The van der Waals surface area contributed by atoms with Gasteiger partial charge in [0.2, 0.25) is 5.91 Å². The lowest BCUT2D eigenvalue weighted by molar-refractivity contribution is -0.192. The standard InChI is InChI=1S/C18H28N2O3S.C2HF3O2/c1-13-3-4-16(24-13)9-20-8-15-12-23-11-14(17(15)10-20)7-18(21)19-5-6-22-2;3-2(4,5)1(6)7/h3-4,14-15,17H,5-12H2,1-2H3,(H,19,21);(H,6,7)/t14-,15-,17+;/m1./s1. The number of carboxylic acid groups (broad SMARTS) is 1. The van der Waals surface area contributed by atoms with Crippen LogP contribution in [0.5, 0.6) is 0 Å². The maximum Gasteiger partial charge on any atom is 0.490 e. The fraction of sp³-hybridized carbons (Fsp3) is 0.700. The number of alkyl halides is 3. The molecule has 0 spiro atoms. The van der Waals surface area contributed by atoms with Crippen molar-refractivity contribution in [1.82, 2.24) is 10.2 Å². The Bertz CT molecular complexity index is 728. The van der Waals surface area contributed by atoms with Crippen LogP contribution in [-0.2, 0) is 25.6 Å². The van der Waals surface area contributed by atoms with Gasteiger partial charge in [-0.2, -0.15) is 13.2 Å². The molecule has 2 fully saturated rings. The number of methoxy groups -OCH3 is 1. The van der Waals surface area contributed by atoms with Crippen LogP contribution in [0.2, 0.25) is 0 Å². The first-order valence-corrected chi connectivity index (χ1v) is 10.8. The number of carbonyl (C=O) groups excluding carboxylic acids is 1. The molecule has 1 aromatic rings. The molecule has 0 aromatic carbocycles. The van der Waals surface area contributed by atoms with Gasteiger partial charge in [0.25, 0.3) is 0 Å². The van der Waals surface area contributed by atoms with Gasteiger partial charge in [-0.25, -0.2) is 4.79 Å². The fourth-order valence-corrected chi connectivity index (χ4v) is 4.86. The van der Waals surface area contributed by atoms with Gasteiger partial charge in [0, 0.05) is 49.5 Å². The lowest BCUT2D eigenvalue weighted by atomic mass is 9.81. The van der Waals surface area contributed by atoms with Gasteiger partial charge in [-0.05, 0) is 36.8 Å². The van der Waals surface area contributed by atoms with Crippen molar-refractivity contribution in [2.45, 2.75) is 26.1 Å². The molecule has 3 rings (SSSR count). The minimum Gasteiger partial charge on any atom is -0.475 e. The third kappa shape index (κ3) is 8.40. The Morgan fingerprint density at radius 3 is 2.61 bits per heavy atom.